The van der Waals surface area contributed by atoms with E-state index in [1.165, 1.54) is 27.9 Å². The number of rotatable bonds is 3. The van der Waals surface area contributed by atoms with Crippen LogP contribution in [0.3, 0.4) is 0 Å². The van der Waals surface area contributed by atoms with Gasteiger partial charge in [-0.25, -0.2) is 0 Å². The molecule has 0 unspecified atom stereocenters. The topological polar surface area (TPSA) is 3.88 Å². The van der Waals surface area contributed by atoms with Gasteiger partial charge in [0.25, 0.3) is 0 Å². The molecule has 3 aromatic carbocycles. The second-order valence-electron chi connectivity index (χ2n) is 5.37. The number of benzene rings is 3. The lowest BCUT2D eigenvalue weighted by Gasteiger charge is -2.09. The third-order valence-electron chi connectivity index (χ3n) is 3.94. The van der Waals surface area contributed by atoms with Gasteiger partial charge in [-0.2, -0.15) is 4.57 Å². The number of aromatic nitrogens is 1. The second kappa shape index (κ2) is 6.19. The maximum Gasteiger partial charge on any atom is 0.230 e. The van der Waals surface area contributed by atoms with Crippen LogP contribution >= 0.6 is 11.3 Å². The average molecular weight is 314 g/mol. The van der Waals surface area contributed by atoms with E-state index < -0.39 is 0 Å². The van der Waals surface area contributed by atoms with Crippen molar-refractivity contribution in [2.75, 3.05) is 0 Å². The molecule has 0 saturated heterocycles. The molecule has 110 valence electrons. The van der Waals surface area contributed by atoms with E-state index in [2.05, 4.69) is 101 Å². The summed E-state index contributed by atoms with van der Waals surface area (Å²) >= 11 is 1.71. The zero-order valence-electron chi connectivity index (χ0n) is 12.6. The van der Waals surface area contributed by atoms with Crippen molar-refractivity contribution in [3.63, 3.8) is 0 Å². The van der Waals surface area contributed by atoms with Crippen LogP contribution in [-0.2, 0) is 0 Å². The lowest BCUT2D eigenvalue weighted by Crippen LogP contribution is -2.28. The van der Waals surface area contributed by atoms with Crippen molar-refractivity contribution in [1.29, 1.82) is 0 Å². The fourth-order valence-electron chi connectivity index (χ4n) is 2.89. The fraction of sp³-hybridized carbons (Fsp3) is 0. The molecular formula is C21H16NS+. The molecule has 0 fully saturated rings. The first-order valence-electron chi connectivity index (χ1n) is 7.61. The Morgan fingerprint density at radius 1 is 0.609 bits per heavy atom. The number of nitrogens with zero attached hydrogens (tertiary/aromatic N) is 1. The van der Waals surface area contributed by atoms with Crippen LogP contribution in [0.4, 0.5) is 0 Å². The van der Waals surface area contributed by atoms with E-state index in [-0.39, 0.29) is 0 Å². The monoisotopic (exact) mass is 314 g/mol. The maximum absolute atomic E-state index is 2.22. The van der Waals surface area contributed by atoms with Crippen molar-refractivity contribution in [1.82, 2.24) is 0 Å². The first-order valence-corrected chi connectivity index (χ1v) is 8.55. The molecule has 0 bridgehead atoms. The third-order valence-corrected chi connectivity index (χ3v) is 4.57. The first kappa shape index (κ1) is 13.9. The Bertz CT molecular complexity index is 840. The SMILES string of the molecule is c1ccc(-c2cccc(-c3ccccc3)c2-[n+]2ccsc2)cc1. The molecular weight excluding hydrogens is 298 g/mol. The van der Waals surface area contributed by atoms with E-state index in [4.69, 9.17) is 0 Å². The average Bonchev–Trinajstić information content (AvgIpc) is 3.17. The molecule has 2 heteroatoms. The quantitative estimate of drug-likeness (QED) is 0.448. The summed E-state index contributed by atoms with van der Waals surface area (Å²) in [5.41, 5.74) is 8.34. The van der Waals surface area contributed by atoms with Crippen LogP contribution in [0.1, 0.15) is 0 Å². The van der Waals surface area contributed by atoms with Crippen molar-refractivity contribution < 1.29 is 4.57 Å². The Morgan fingerprint density at radius 3 is 1.65 bits per heavy atom. The molecule has 4 rings (SSSR count). The van der Waals surface area contributed by atoms with Crippen LogP contribution in [0, 0.1) is 0 Å². The number of thiazole rings is 1. The van der Waals surface area contributed by atoms with Gasteiger partial charge in [-0.3, -0.25) is 0 Å². The Labute approximate surface area is 140 Å². The van der Waals surface area contributed by atoms with Gasteiger partial charge >= 0.3 is 0 Å². The predicted molar refractivity (Wildman–Crippen MR) is 96.7 cm³/mol. The highest BCUT2D eigenvalue weighted by molar-refractivity contribution is 7.07. The zero-order chi connectivity index (χ0) is 15.5. The van der Waals surface area contributed by atoms with Crippen molar-refractivity contribution in [2.45, 2.75) is 0 Å². The van der Waals surface area contributed by atoms with Crippen molar-refractivity contribution >= 4 is 11.3 Å². The van der Waals surface area contributed by atoms with Gasteiger partial charge in [-0.1, -0.05) is 78.1 Å². The van der Waals surface area contributed by atoms with Gasteiger partial charge in [0.15, 0.2) is 6.20 Å². The van der Waals surface area contributed by atoms with Gasteiger partial charge in [-0.15, -0.1) is 0 Å². The highest BCUT2D eigenvalue weighted by Gasteiger charge is 2.20. The van der Waals surface area contributed by atoms with Gasteiger partial charge in [0.05, 0.1) is 16.5 Å². The Kier molecular flexibility index (Phi) is 3.75. The van der Waals surface area contributed by atoms with Crippen LogP contribution in [0.2, 0.25) is 0 Å². The largest absolute Gasteiger partial charge is 0.230 e. The van der Waals surface area contributed by atoms with Crippen molar-refractivity contribution in [2.24, 2.45) is 0 Å². The standard InChI is InChI=1S/C21H16NS/c1-3-8-17(9-4-1)19-12-7-13-20(18-10-5-2-6-11-18)21(19)22-14-15-23-16-22/h1-16H/q+1. The number of para-hydroxylation sites is 1. The minimum absolute atomic E-state index is 1.23. The molecule has 0 spiro atoms. The maximum atomic E-state index is 2.22. The normalized spacial score (nSPS) is 10.6. The van der Waals surface area contributed by atoms with Gasteiger partial charge in [0.1, 0.15) is 0 Å². The Balaban J connectivity index is 2.01. The summed E-state index contributed by atoms with van der Waals surface area (Å²) in [7, 11) is 0. The van der Waals surface area contributed by atoms with Gasteiger partial charge in [0, 0.05) is 0 Å². The van der Waals surface area contributed by atoms with Crippen molar-refractivity contribution in [3.05, 3.63) is 96.0 Å². The lowest BCUT2D eigenvalue weighted by atomic mass is 9.96. The third kappa shape index (κ3) is 2.69. The highest BCUT2D eigenvalue weighted by Crippen LogP contribution is 2.32. The predicted octanol–water partition coefficient (Wildman–Crippen LogP) is 5.36. The summed E-state index contributed by atoms with van der Waals surface area (Å²) in [6.45, 7) is 0. The highest BCUT2D eigenvalue weighted by atomic mass is 32.1. The summed E-state index contributed by atoms with van der Waals surface area (Å²) in [4.78, 5) is 0. The summed E-state index contributed by atoms with van der Waals surface area (Å²) in [6.07, 6.45) is 2.12. The second-order valence-corrected chi connectivity index (χ2v) is 6.12. The minimum atomic E-state index is 1.23. The summed E-state index contributed by atoms with van der Waals surface area (Å²) in [5.74, 6) is 0. The molecule has 1 aromatic heterocycles. The van der Waals surface area contributed by atoms with E-state index >= 15 is 0 Å². The molecule has 0 N–H and O–H groups in total. The van der Waals surface area contributed by atoms with Crippen LogP contribution in [0.25, 0.3) is 27.9 Å². The summed E-state index contributed by atoms with van der Waals surface area (Å²) < 4.78 is 2.22. The van der Waals surface area contributed by atoms with Gasteiger partial charge < -0.3 is 0 Å². The van der Waals surface area contributed by atoms with E-state index in [9.17, 15) is 0 Å². The van der Waals surface area contributed by atoms with Crippen LogP contribution in [-0.4, -0.2) is 0 Å². The molecule has 1 nitrogen and oxygen atoms in total. The molecule has 1 heterocycles. The van der Waals surface area contributed by atoms with Crippen LogP contribution in [0.15, 0.2) is 96.0 Å². The molecule has 0 amide bonds. The van der Waals surface area contributed by atoms with Crippen molar-refractivity contribution in [3.8, 4) is 27.9 Å². The summed E-state index contributed by atoms with van der Waals surface area (Å²) in [6, 6.07) is 27.7. The molecule has 0 aliphatic rings. The molecule has 23 heavy (non-hydrogen) atoms. The number of hydrogen-bond donors (Lipinski definition) is 0. The van der Waals surface area contributed by atoms with Gasteiger partial charge in [0.2, 0.25) is 11.2 Å². The Hall–Kier alpha value is -2.71. The molecule has 0 aliphatic carbocycles. The Morgan fingerprint density at radius 2 is 1.17 bits per heavy atom. The molecule has 0 radical (unpaired) electrons. The van der Waals surface area contributed by atoms with E-state index in [1.807, 2.05) is 0 Å². The first-order chi connectivity index (χ1) is 11.4. The lowest BCUT2D eigenvalue weighted by molar-refractivity contribution is -0.588. The van der Waals surface area contributed by atoms with Crippen LogP contribution in [0.5, 0.6) is 0 Å². The number of hydrogen-bond acceptors (Lipinski definition) is 1. The molecule has 4 aromatic rings. The molecule has 0 atom stereocenters. The molecule has 0 aliphatic heterocycles. The van der Waals surface area contributed by atoms with E-state index in [0.717, 1.165) is 0 Å². The van der Waals surface area contributed by atoms with Crippen LogP contribution < -0.4 is 4.57 Å². The van der Waals surface area contributed by atoms with E-state index in [1.54, 1.807) is 11.3 Å². The molecule has 0 saturated carbocycles. The fourth-order valence-corrected chi connectivity index (χ4v) is 3.47. The smallest absolute Gasteiger partial charge is 0.156 e. The van der Waals surface area contributed by atoms with Gasteiger partial charge in [-0.05, 0) is 23.3 Å². The minimum Gasteiger partial charge on any atom is -0.156 e. The zero-order valence-corrected chi connectivity index (χ0v) is 13.4. The van der Waals surface area contributed by atoms with E-state index in [0.29, 0.717) is 0 Å². The summed E-state index contributed by atoms with van der Waals surface area (Å²) in [5, 5.41) is 2.11.